The highest BCUT2D eigenvalue weighted by Crippen LogP contribution is 2.23. The highest BCUT2D eigenvalue weighted by atomic mass is 16.5. The van der Waals surface area contributed by atoms with Crippen LogP contribution in [0.1, 0.15) is 70.4 Å². The normalized spacial score (nSPS) is 12.7. The van der Waals surface area contributed by atoms with E-state index in [9.17, 15) is 0 Å². The minimum Gasteiger partial charge on any atom is -0.339 e. The topological polar surface area (TPSA) is 64.9 Å². The number of hydrogen-bond donors (Lipinski definition) is 1. The maximum Gasteiger partial charge on any atom is 0.226 e. The average molecular weight is 315 g/mol. The minimum absolute atomic E-state index is 0.0630. The van der Waals surface area contributed by atoms with Crippen LogP contribution in [0.5, 0.6) is 0 Å². The van der Waals surface area contributed by atoms with Crippen molar-refractivity contribution < 1.29 is 4.52 Å². The van der Waals surface area contributed by atoms with Crippen molar-refractivity contribution in [3.8, 4) is 11.4 Å². The molecule has 2 aromatic rings. The molecule has 0 amide bonds. The second kappa shape index (κ2) is 8.82. The Bertz CT molecular complexity index is 575. The van der Waals surface area contributed by atoms with E-state index in [1.807, 2.05) is 12.1 Å². The second-order valence-electron chi connectivity index (χ2n) is 6.57. The minimum atomic E-state index is 0.0630. The number of aryl methyl sites for hydroxylation is 1. The Kier molecular flexibility index (Phi) is 6.78. The Morgan fingerprint density at radius 3 is 2.39 bits per heavy atom. The Balaban J connectivity index is 1.92. The van der Waals surface area contributed by atoms with Crippen LogP contribution in [0.3, 0.4) is 0 Å². The quantitative estimate of drug-likeness (QED) is 0.668. The third kappa shape index (κ3) is 5.17. The summed E-state index contributed by atoms with van der Waals surface area (Å²) in [6.45, 7) is 6.48. The third-order valence-corrected chi connectivity index (χ3v) is 4.23. The Morgan fingerprint density at radius 2 is 1.74 bits per heavy atom. The number of benzene rings is 1. The Morgan fingerprint density at radius 1 is 1.04 bits per heavy atom. The fraction of sp³-hybridized carbons (Fsp3) is 0.579. The fourth-order valence-electron chi connectivity index (χ4n) is 2.59. The van der Waals surface area contributed by atoms with Crippen LogP contribution in [0.25, 0.3) is 11.4 Å². The van der Waals surface area contributed by atoms with Crippen LogP contribution in [-0.2, 0) is 6.42 Å². The molecule has 0 spiro atoms. The summed E-state index contributed by atoms with van der Waals surface area (Å²) in [5.41, 5.74) is 8.29. The van der Waals surface area contributed by atoms with Crippen molar-refractivity contribution in [3.05, 3.63) is 35.7 Å². The first-order valence-corrected chi connectivity index (χ1v) is 8.80. The number of rotatable bonds is 9. The molecule has 1 aromatic carbocycles. The van der Waals surface area contributed by atoms with Crippen LogP contribution in [0.15, 0.2) is 28.8 Å². The number of aromatic nitrogens is 2. The third-order valence-electron chi connectivity index (χ3n) is 4.23. The van der Waals surface area contributed by atoms with E-state index >= 15 is 0 Å². The summed E-state index contributed by atoms with van der Waals surface area (Å²) in [6.07, 6.45) is 7.07. The molecule has 0 aliphatic rings. The van der Waals surface area contributed by atoms with Gasteiger partial charge >= 0.3 is 0 Å². The molecule has 1 aromatic heterocycles. The Labute approximate surface area is 139 Å². The van der Waals surface area contributed by atoms with Crippen molar-refractivity contribution in [2.75, 3.05) is 0 Å². The van der Waals surface area contributed by atoms with Crippen LogP contribution in [0.2, 0.25) is 0 Å². The highest BCUT2D eigenvalue weighted by molar-refractivity contribution is 5.54. The molecule has 0 saturated heterocycles. The number of unbranched alkanes of at least 4 members (excludes halogenated alkanes) is 4. The van der Waals surface area contributed by atoms with Gasteiger partial charge in [0.25, 0.3) is 0 Å². The SMILES string of the molecule is CCCCCCCc1nc(-c2ccc(C(N)C(C)C)cc2)no1. The zero-order valence-corrected chi connectivity index (χ0v) is 14.6. The summed E-state index contributed by atoms with van der Waals surface area (Å²) in [5.74, 6) is 1.82. The van der Waals surface area contributed by atoms with Crippen LogP contribution in [0, 0.1) is 5.92 Å². The van der Waals surface area contributed by atoms with Crippen molar-refractivity contribution in [3.63, 3.8) is 0 Å². The van der Waals surface area contributed by atoms with E-state index in [1.165, 1.54) is 25.7 Å². The van der Waals surface area contributed by atoms with E-state index < -0.39 is 0 Å². The van der Waals surface area contributed by atoms with Crippen LogP contribution in [-0.4, -0.2) is 10.1 Å². The van der Waals surface area contributed by atoms with Gasteiger partial charge in [0.1, 0.15) is 0 Å². The smallest absolute Gasteiger partial charge is 0.226 e. The van der Waals surface area contributed by atoms with Gasteiger partial charge in [0.05, 0.1) is 0 Å². The van der Waals surface area contributed by atoms with Gasteiger partial charge in [0, 0.05) is 18.0 Å². The maximum atomic E-state index is 6.17. The first-order valence-electron chi connectivity index (χ1n) is 8.80. The van der Waals surface area contributed by atoms with Gasteiger partial charge < -0.3 is 10.3 Å². The molecule has 1 atom stereocenters. The molecule has 4 nitrogen and oxygen atoms in total. The number of nitrogens with zero attached hydrogens (tertiary/aromatic N) is 2. The molecule has 0 aliphatic heterocycles. The first kappa shape index (κ1) is 17.7. The van der Waals surface area contributed by atoms with Gasteiger partial charge in [-0.25, -0.2) is 0 Å². The largest absolute Gasteiger partial charge is 0.339 e. The molecule has 0 saturated carbocycles. The van der Waals surface area contributed by atoms with Gasteiger partial charge in [-0.15, -0.1) is 0 Å². The maximum absolute atomic E-state index is 6.17. The monoisotopic (exact) mass is 315 g/mol. The lowest BCUT2D eigenvalue weighted by Gasteiger charge is -2.15. The van der Waals surface area contributed by atoms with Crippen molar-refractivity contribution in [1.29, 1.82) is 0 Å². The van der Waals surface area contributed by atoms with Gasteiger partial charge in [0.15, 0.2) is 0 Å². The molecule has 0 bridgehead atoms. The zero-order chi connectivity index (χ0) is 16.7. The van der Waals surface area contributed by atoms with E-state index in [0.717, 1.165) is 29.9 Å². The summed E-state index contributed by atoms with van der Waals surface area (Å²) in [4.78, 5) is 4.50. The molecule has 0 aliphatic carbocycles. The predicted molar refractivity (Wildman–Crippen MR) is 94.0 cm³/mol. The summed E-state index contributed by atoms with van der Waals surface area (Å²) >= 11 is 0. The molecule has 126 valence electrons. The van der Waals surface area contributed by atoms with Crippen LogP contribution >= 0.6 is 0 Å². The van der Waals surface area contributed by atoms with Gasteiger partial charge in [-0.1, -0.05) is 75.9 Å². The second-order valence-corrected chi connectivity index (χ2v) is 6.57. The molecule has 1 unspecified atom stereocenters. The van der Waals surface area contributed by atoms with Crippen molar-refractivity contribution in [2.24, 2.45) is 11.7 Å². The molecule has 2 rings (SSSR count). The van der Waals surface area contributed by atoms with Crippen LogP contribution in [0.4, 0.5) is 0 Å². The van der Waals surface area contributed by atoms with E-state index in [1.54, 1.807) is 0 Å². The summed E-state index contributed by atoms with van der Waals surface area (Å²) in [6, 6.07) is 8.22. The van der Waals surface area contributed by atoms with E-state index in [0.29, 0.717) is 11.7 Å². The number of nitrogens with two attached hydrogens (primary N) is 1. The molecular formula is C19H29N3O. The standard InChI is InChI=1S/C19H29N3O/c1-4-5-6-7-8-9-17-21-19(22-23-17)16-12-10-15(11-13-16)18(20)14(2)3/h10-14,18H,4-9,20H2,1-3H3. The molecule has 0 fully saturated rings. The van der Waals surface area contributed by atoms with Crippen LogP contribution < -0.4 is 5.73 Å². The molecule has 4 heteroatoms. The van der Waals surface area contributed by atoms with Gasteiger partial charge in [-0.05, 0) is 17.9 Å². The number of hydrogen-bond acceptors (Lipinski definition) is 4. The van der Waals surface area contributed by atoms with E-state index in [-0.39, 0.29) is 6.04 Å². The van der Waals surface area contributed by atoms with E-state index in [2.05, 4.69) is 43.0 Å². The molecule has 23 heavy (non-hydrogen) atoms. The summed E-state index contributed by atoms with van der Waals surface area (Å²) in [7, 11) is 0. The lowest BCUT2D eigenvalue weighted by Crippen LogP contribution is -2.16. The van der Waals surface area contributed by atoms with Crippen molar-refractivity contribution >= 4 is 0 Å². The van der Waals surface area contributed by atoms with Gasteiger partial charge in [-0.3, -0.25) is 0 Å². The van der Waals surface area contributed by atoms with Gasteiger partial charge in [-0.2, -0.15) is 4.98 Å². The zero-order valence-electron chi connectivity index (χ0n) is 14.6. The van der Waals surface area contributed by atoms with Gasteiger partial charge in [0.2, 0.25) is 11.7 Å². The van der Waals surface area contributed by atoms with E-state index in [4.69, 9.17) is 10.3 Å². The first-order chi connectivity index (χ1) is 11.1. The van der Waals surface area contributed by atoms with Crippen molar-refractivity contribution in [1.82, 2.24) is 10.1 Å². The molecule has 1 heterocycles. The highest BCUT2D eigenvalue weighted by Gasteiger charge is 2.12. The molecule has 0 radical (unpaired) electrons. The predicted octanol–water partition coefficient (Wildman–Crippen LogP) is 4.91. The summed E-state index contributed by atoms with van der Waals surface area (Å²) in [5, 5.41) is 4.09. The molecule has 2 N–H and O–H groups in total. The fourth-order valence-corrected chi connectivity index (χ4v) is 2.59. The molecular weight excluding hydrogens is 286 g/mol. The van der Waals surface area contributed by atoms with Crippen molar-refractivity contribution in [2.45, 2.75) is 65.3 Å². The summed E-state index contributed by atoms with van der Waals surface area (Å²) < 4.78 is 5.36. The lowest BCUT2D eigenvalue weighted by molar-refractivity contribution is 0.374. The average Bonchev–Trinajstić information content (AvgIpc) is 3.03. The lowest BCUT2D eigenvalue weighted by atomic mass is 9.96. The Hall–Kier alpha value is -1.68.